The van der Waals surface area contributed by atoms with Crippen LogP contribution in [0.15, 0.2) is 0 Å². The molecule has 1 aliphatic rings. The standard InChI is InChI=1S/C9H17N7/c1-16(6-2-3-12-4-6)5-7-13-8(10)15-9(11)14-7/h6,12H,2-5H2,1H3,(H4,10,11,13,14,15). The second kappa shape index (κ2) is 4.58. The van der Waals surface area contributed by atoms with Crippen molar-refractivity contribution in [3.05, 3.63) is 5.82 Å². The number of hydrogen-bond acceptors (Lipinski definition) is 7. The molecule has 0 aliphatic carbocycles. The lowest BCUT2D eigenvalue weighted by molar-refractivity contribution is 0.243. The number of nitrogens with one attached hydrogen (secondary N) is 1. The lowest BCUT2D eigenvalue weighted by Gasteiger charge is -2.22. The molecule has 7 nitrogen and oxygen atoms in total. The van der Waals surface area contributed by atoms with E-state index in [0.717, 1.165) is 19.5 Å². The highest BCUT2D eigenvalue weighted by molar-refractivity contribution is 5.25. The fraction of sp³-hybridized carbons (Fsp3) is 0.667. The zero-order valence-corrected chi connectivity index (χ0v) is 9.35. The van der Waals surface area contributed by atoms with E-state index < -0.39 is 0 Å². The van der Waals surface area contributed by atoms with Gasteiger partial charge in [-0.15, -0.1) is 0 Å². The first-order chi connectivity index (χ1) is 7.65. The summed E-state index contributed by atoms with van der Waals surface area (Å²) in [4.78, 5) is 14.1. The highest BCUT2D eigenvalue weighted by atomic mass is 15.2. The highest BCUT2D eigenvalue weighted by Crippen LogP contribution is 2.09. The van der Waals surface area contributed by atoms with Crippen LogP contribution in [0.5, 0.6) is 0 Å². The quantitative estimate of drug-likeness (QED) is 0.592. The Hall–Kier alpha value is -1.47. The third kappa shape index (κ3) is 2.56. The molecule has 0 amide bonds. The van der Waals surface area contributed by atoms with Crippen LogP contribution in [0.2, 0.25) is 0 Å². The summed E-state index contributed by atoms with van der Waals surface area (Å²) in [5, 5.41) is 3.32. The minimum absolute atomic E-state index is 0.181. The van der Waals surface area contributed by atoms with Gasteiger partial charge in [-0.1, -0.05) is 0 Å². The van der Waals surface area contributed by atoms with Crippen LogP contribution in [-0.4, -0.2) is 46.0 Å². The molecule has 1 unspecified atom stereocenters. The Morgan fingerprint density at radius 1 is 1.31 bits per heavy atom. The average Bonchev–Trinajstić information content (AvgIpc) is 2.68. The Morgan fingerprint density at radius 3 is 2.56 bits per heavy atom. The van der Waals surface area contributed by atoms with Crippen molar-refractivity contribution in [1.29, 1.82) is 0 Å². The third-order valence-electron chi connectivity index (χ3n) is 2.76. The van der Waals surface area contributed by atoms with E-state index in [1.54, 1.807) is 0 Å². The number of nitrogen functional groups attached to an aromatic ring is 2. The van der Waals surface area contributed by atoms with Gasteiger partial charge in [0.05, 0.1) is 6.54 Å². The number of aromatic nitrogens is 3. The van der Waals surface area contributed by atoms with Crippen LogP contribution in [0.25, 0.3) is 0 Å². The maximum absolute atomic E-state index is 5.52. The molecule has 16 heavy (non-hydrogen) atoms. The van der Waals surface area contributed by atoms with E-state index in [-0.39, 0.29) is 11.9 Å². The van der Waals surface area contributed by atoms with Crippen LogP contribution in [0.3, 0.4) is 0 Å². The Balaban J connectivity index is 2.02. The molecule has 1 atom stereocenters. The van der Waals surface area contributed by atoms with Gasteiger partial charge in [0.15, 0.2) is 0 Å². The summed E-state index contributed by atoms with van der Waals surface area (Å²) >= 11 is 0. The average molecular weight is 223 g/mol. The molecule has 1 fully saturated rings. The Bertz CT molecular complexity index is 341. The van der Waals surface area contributed by atoms with Crippen molar-refractivity contribution in [2.24, 2.45) is 0 Å². The van der Waals surface area contributed by atoms with Gasteiger partial charge >= 0.3 is 0 Å². The van der Waals surface area contributed by atoms with Crippen LogP contribution in [0.4, 0.5) is 11.9 Å². The normalized spacial score (nSPS) is 20.5. The zero-order chi connectivity index (χ0) is 11.5. The maximum Gasteiger partial charge on any atom is 0.225 e. The van der Waals surface area contributed by atoms with Crippen molar-refractivity contribution in [1.82, 2.24) is 25.2 Å². The lowest BCUT2D eigenvalue weighted by Crippen LogP contribution is -2.33. The predicted molar refractivity (Wildman–Crippen MR) is 61.4 cm³/mol. The van der Waals surface area contributed by atoms with Crippen molar-refractivity contribution in [2.45, 2.75) is 19.0 Å². The van der Waals surface area contributed by atoms with Gasteiger partial charge in [-0.2, -0.15) is 15.0 Å². The summed E-state index contributed by atoms with van der Waals surface area (Å²) in [7, 11) is 2.05. The minimum Gasteiger partial charge on any atom is -0.368 e. The summed E-state index contributed by atoms with van der Waals surface area (Å²) in [5.74, 6) is 0.986. The van der Waals surface area contributed by atoms with E-state index in [1.807, 2.05) is 7.05 Å². The molecule has 0 bridgehead atoms. The lowest BCUT2D eigenvalue weighted by atomic mass is 10.2. The molecule has 2 heterocycles. The van der Waals surface area contributed by atoms with Gasteiger partial charge in [0.1, 0.15) is 5.82 Å². The van der Waals surface area contributed by atoms with Crippen LogP contribution >= 0.6 is 0 Å². The van der Waals surface area contributed by atoms with Gasteiger partial charge in [0.2, 0.25) is 11.9 Å². The molecule has 1 aromatic rings. The molecule has 0 radical (unpaired) electrons. The smallest absolute Gasteiger partial charge is 0.225 e. The van der Waals surface area contributed by atoms with E-state index in [0.29, 0.717) is 18.4 Å². The summed E-state index contributed by atoms with van der Waals surface area (Å²) in [5.41, 5.74) is 11.0. The van der Waals surface area contributed by atoms with E-state index in [4.69, 9.17) is 11.5 Å². The molecule has 88 valence electrons. The van der Waals surface area contributed by atoms with Gasteiger partial charge in [-0.3, -0.25) is 4.90 Å². The number of nitrogens with two attached hydrogens (primary N) is 2. The molecule has 1 aliphatic heterocycles. The minimum atomic E-state index is 0.181. The first kappa shape index (κ1) is 11.0. The molecule has 0 saturated carbocycles. The van der Waals surface area contributed by atoms with E-state index in [2.05, 4.69) is 25.2 Å². The number of likely N-dealkylation sites (N-methyl/N-ethyl adjacent to an activating group) is 1. The first-order valence-electron chi connectivity index (χ1n) is 5.32. The van der Waals surface area contributed by atoms with Crippen LogP contribution in [0, 0.1) is 0 Å². The zero-order valence-electron chi connectivity index (χ0n) is 9.35. The van der Waals surface area contributed by atoms with E-state index in [1.165, 1.54) is 0 Å². The van der Waals surface area contributed by atoms with Crippen molar-refractivity contribution < 1.29 is 0 Å². The Morgan fingerprint density at radius 2 is 2.00 bits per heavy atom. The largest absolute Gasteiger partial charge is 0.368 e. The molecule has 0 spiro atoms. The van der Waals surface area contributed by atoms with Crippen molar-refractivity contribution in [3.63, 3.8) is 0 Å². The van der Waals surface area contributed by atoms with Gasteiger partial charge in [0, 0.05) is 12.6 Å². The fourth-order valence-electron chi connectivity index (χ4n) is 1.90. The molecule has 2 rings (SSSR count). The van der Waals surface area contributed by atoms with Crippen molar-refractivity contribution in [3.8, 4) is 0 Å². The Labute approximate surface area is 94.3 Å². The van der Waals surface area contributed by atoms with Crippen molar-refractivity contribution >= 4 is 11.9 Å². The molecule has 1 aromatic heterocycles. The van der Waals surface area contributed by atoms with E-state index >= 15 is 0 Å². The summed E-state index contributed by atoms with van der Waals surface area (Å²) in [6, 6.07) is 0.527. The van der Waals surface area contributed by atoms with Gasteiger partial charge < -0.3 is 16.8 Å². The predicted octanol–water partition coefficient (Wildman–Crippen LogP) is -1.17. The van der Waals surface area contributed by atoms with Gasteiger partial charge in [0.25, 0.3) is 0 Å². The van der Waals surface area contributed by atoms with Crippen LogP contribution in [0.1, 0.15) is 12.2 Å². The van der Waals surface area contributed by atoms with Gasteiger partial charge in [-0.05, 0) is 20.0 Å². The van der Waals surface area contributed by atoms with Crippen LogP contribution in [-0.2, 0) is 6.54 Å². The number of hydrogen-bond donors (Lipinski definition) is 3. The van der Waals surface area contributed by atoms with Crippen LogP contribution < -0.4 is 16.8 Å². The third-order valence-corrected chi connectivity index (χ3v) is 2.76. The maximum atomic E-state index is 5.52. The highest BCUT2D eigenvalue weighted by Gasteiger charge is 2.20. The number of nitrogens with zero attached hydrogens (tertiary/aromatic N) is 4. The summed E-state index contributed by atoms with van der Waals surface area (Å²) < 4.78 is 0. The second-order valence-corrected chi connectivity index (χ2v) is 4.03. The molecule has 5 N–H and O–H groups in total. The molecule has 0 aromatic carbocycles. The molecule has 1 saturated heterocycles. The van der Waals surface area contributed by atoms with Gasteiger partial charge in [-0.25, -0.2) is 0 Å². The second-order valence-electron chi connectivity index (χ2n) is 4.03. The summed E-state index contributed by atoms with van der Waals surface area (Å²) in [6.45, 7) is 2.71. The Kier molecular flexibility index (Phi) is 3.16. The van der Waals surface area contributed by atoms with Crippen molar-refractivity contribution in [2.75, 3.05) is 31.6 Å². The molecular weight excluding hydrogens is 206 g/mol. The topological polar surface area (TPSA) is 106 Å². The SMILES string of the molecule is CN(Cc1nc(N)nc(N)n1)C1CCNC1. The summed E-state index contributed by atoms with van der Waals surface area (Å²) in [6.07, 6.45) is 1.15. The monoisotopic (exact) mass is 223 g/mol. The number of rotatable bonds is 3. The molecule has 7 heteroatoms. The molecular formula is C9H17N7. The number of anilines is 2. The fourth-order valence-corrected chi connectivity index (χ4v) is 1.90. The first-order valence-corrected chi connectivity index (χ1v) is 5.32. The van der Waals surface area contributed by atoms with E-state index in [9.17, 15) is 0 Å².